The Morgan fingerprint density at radius 3 is 2.53 bits per heavy atom. The van der Waals surface area contributed by atoms with E-state index < -0.39 is 27.8 Å². The average molecular weight is 431 g/mol. The minimum Gasteiger partial charge on any atom is -0.491 e. The number of anilines is 1. The lowest BCUT2D eigenvalue weighted by molar-refractivity contribution is -0.121. The van der Waals surface area contributed by atoms with Gasteiger partial charge in [-0.05, 0) is 36.6 Å². The molecule has 1 N–H and O–H groups in total. The molecule has 6 nitrogen and oxygen atoms in total. The third kappa shape index (κ3) is 5.07. The van der Waals surface area contributed by atoms with Gasteiger partial charge < -0.3 is 10.1 Å². The van der Waals surface area contributed by atoms with Gasteiger partial charge in [-0.15, -0.1) is 0 Å². The fourth-order valence-electron chi connectivity index (χ4n) is 3.23. The van der Waals surface area contributed by atoms with E-state index in [2.05, 4.69) is 5.32 Å². The lowest BCUT2D eigenvalue weighted by atomic mass is 10.1. The molecule has 0 heterocycles. The minimum absolute atomic E-state index is 0.0900. The second-order valence-corrected chi connectivity index (χ2v) is 8.69. The third-order valence-electron chi connectivity index (χ3n) is 4.56. The first-order chi connectivity index (χ1) is 14.3. The maximum absolute atomic E-state index is 13.6. The zero-order valence-electron chi connectivity index (χ0n) is 16.7. The summed E-state index contributed by atoms with van der Waals surface area (Å²) in [6.45, 7) is 1.85. The van der Waals surface area contributed by atoms with Gasteiger partial charge >= 0.3 is 0 Å². The van der Waals surface area contributed by atoms with E-state index in [4.69, 9.17) is 4.74 Å². The van der Waals surface area contributed by atoms with Gasteiger partial charge in [0.25, 0.3) is 0 Å². The number of hydrogen-bond donors (Lipinski definition) is 1. The van der Waals surface area contributed by atoms with E-state index in [-0.39, 0.29) is 18.8 Å². The SMILES string of the molecule is CC(C(=O)NCCOc1cccc2ccccc12)N(c1cccc(F)c1)S(C)(=O)=O. The second-order valence-electron chi connectivity index (χ2n) is 6.83. The van der Waals surface area contributed by atoms with Gasteiger partial charge in [0, 0.05) is 5.39 Å². The maximum Gasteiger partial charge on any atom is 0.243 e. The van der Waals surface area contributed by atoms with Crippen LogP contribution in [0.2, 0.25) is 0 Å². The summed E-state index contributed by atoms with van der Waals surface area (Å²) in [6.07, 6.45) is 0.977. The Morgan fingerprint density at radius 2 is 1.80 bits per heavy atom. The number of hydrogen-bond acceptors (Lipinski definition) is 4. The van der Waals surface area contributed by atoms with Crippen molar-refractivity contribution in [2.75, 3.05) is 23.7 Å². The van der Waals surface area contributed by atoms with Crippen LogP contribution in [0.4, 0.5) is 10.1 Å². The van der Waals surface area contributed by atoms with Crippen molar-refractivity contribution in [1.29, 1.82) is 0 Å². The lowest BCUT2D eigenvalue weighted by Gasteiger charge is -2.28. The van der Waals surface area contributed by atoms with Crippen LogP contribution in [0.25, 0.3) is 10.8 Å². The van der Waals surface area contributed by atoms with Crippen molar-refractivity contribution in [3.05, 3.63) is 72.5 Å². The predicted octanol–water partition coefficient (Wildman–Crippen LogP) is 3.33. The van der Waals surface area contributed by atoms with Crippen LogP contribution >= 0.6 is 0 Å². The summed E-state index contributed by atoms with van der Waals surface area (Å²) in [7, 11) is -3.80. The van der Waals surface area contributed by atoms with Gasteiger partial charge in [-0.2, -0.15) is 0 Å². The number of fused-ring (bicyclic) bond motifs is 1. The predicted molar refractivity (Wildman–Crippen MR) is 116 cm³/mol. The maximum atomic E-state index is 13.6. The largest absolute Gasteiger partial charge is 0.491 e. The van der Waals surface area contributed by atoms with Gasteiger partial charge in [-0.1, -0.05) is 42.5 Å². The smallest absolute Gasteiger partial charge is 0.243 e. The number of benzene rings is 3. The van der Waals surface area contributed by atoms with E-state index in [1.165, 1.54) is 25.1 Å². The summed E-state index contributed by atoms with van der Waals surface area (Å²) in [6, 6.07) is 17.6. The number of halogens is 1. The average Bonchev–Trinajstić information content (AvgIpc) is 2.70. The number of rotatable bonds is 8. The summed E-state index contributed by atoms with van der Waals surface area (Å²) >= 11 is 0. The number of sulfonamides is 1. The summed E-state index contributed by atoms with van der Waals surface area (Å²) in [5.41, 5.74) is 0.0900. The van der Waals surface area contributed by atoms with Crippen molar-refractivity contribution < 1.29 is 22.3 Å². The second kappa shape index (κ2) is 9.13. The number of carbonyl (C=O) groups excluding carboxylic acids is 1. The highest BCUT2D eigenvalue weighted by Gasteiger charge is 2.29. The number of nitrogens with one attached hydrogen (secondary N) is 1. The van der Waals surface area contributed by atoms with E-state index in [0.717, 1.165) is 27.4 Å². The number of carbonyl (C=O) groups is 1. The molecule has 0 fully saturated rings. The van der Waals surface area contributed by atoms with Crippen LogP contribution in [0, 0.1) is 5.82 Å². The van der Waals surface area contributed by atoms with E-state index in [1.807, 2.05) is 42.5 Å². The van der Waals surface area contributed by atoms with Gasteiger partial charge in [0.05, 0.1) is 18.5 Å². The quantitative estimate of drug-likeness (QED) is 0.556. The fourth-order valence-corrected chi connectivity index (χ4v) is 4.39. The zero-order chi connectivity index (χ0) is 21.7. The van der Waals surface area contributed by atoms with Crippen LogP contribution in [-0.4, -0.2) is 39.8 Å². The summed E-state index contributed by atoms with van der Waals surface area (Å²) < 4.78 is 44.7. The van der Waals surface area contributed by atoms with Crippen LogP contribution in [-0.2, 0) is 14.8 Å². The van der Waals surface area contributed by atoms with Gasteiger partial charge in [0.2, 0.25) is 15.9 Å². The first-order valence-corrected chi connectivity index (χ1v) is 11.3. The highest BCUT2D eigenvalue weighted by Crippen LogP contribution is 2.25. The molecule has 1 unspecified atom stereocenters. The molecule has 3 aromatic rings. The third-order valence-corrected chi connectivity index (χ3v) is 5.80. The Kier molecular flexibility index (Phi) is 6.56. The molecular formula is C22H23FN2O4S. The number of nitrogens with zero attached hydrogens (tertiary/aromatic N) is 1. The van der Waals surface area contributed by atoms with Crippen molar-refractivity contribution in [3.8, 4) is 5.75 Å². The summed E-state index contributed by atoms with van der Waals surface area (Å²) in [4.78, 5) is 12.5. The van der Waals surface area contributed by atoms with E-state index in [0.29, 0.717) is 5.75 Å². The molecule has 8 heteroatoms. The molecule has 0 aliphatic heterocycles. The van der Waals surface area contributed by atoms with E-state index in [1.54, 1.807) is 0 Å². The van der Waals surface area contributed by atoms with E-state index in [9.17, 15) is 17.6 Å². The Labute approximate surface area is 175 Å². The van der Waals surface area contributed by atoms with Crippen molar-refractivity contribution in [1.82, 2.24) is 5.32 Å². The Bertz CT molecular complexity index is 1150. The molecular weight excluding hydrogens is 407 g/mol. The van der Waals surface area contributed by atoms with Crippen LogP contribution in [0.5, 0.6) is 5.75 Å². The standard InChI is InChI=1S/C22H23FN2O4S/c1-16(25(30(2,27)28)19-10-6-9-18(23)15-19)22(26)24-13-14-29-21-12-5-8-17-7-3-4-11-20(17)21/h3-12,15-16H,13-14H2,1-2H3,(H,24,26). The van der Waals surface area contributed by atoms with Gasteiger partial charge in [0.1, 0.15) is 24.2 Å². The van der Waals surface area contributed by atoms with Gasteiger partial charge in [-0.25, -0.2) is 12.8 Å². The van der Waals surface area contributed by atoms with Crippen LogP contribution in [0.3, 0.4) is 0 Å². The fraction of sp³-hybridized carbons (Fsp3) is 0.227. The molecule has 3 aromatic carbocycles. The molecule has 1 atom stereocenters. The van der Waals surface area contributed by atoms with Crippen LogP contribution < -0.4 is 14.4 Å². The molecule has 30 heavy (non-hydrogen) atoms. The van der Waals surface area contributed by atoms with Crippen molar-refractivity contribution in [2.24, 2.45) is 0 Å². The Morgan fingerprint density at radius 1 is 1.10 bits per heavy atom. The normalized spacial score (nSPS) is 12.4. The lowest BCUT2D eigenvalue weighted by Crippen LogP contribution is -2.48. The van der Waals surface area contributed by atoms with Gasteiger partial charge in [-0.3, -0.25) is 9.10 Å². The van der Waals surface area contributed by atoms with Crippen molar-refractivity contribution >= 4 is 32.4 Å². The van der Waals surface area contributed by atoms with Crippen molar-refractivity contribution in [3.63, 3.8) is 0 Å². The highest BCUT2D eigenvalue weighted by molar-refractivity contribution is 7.92. The summed E-state index contributed by atoms with van der Waals surface area (Å²) in [5.74, 6) is -0.392. The van der Waals surface area contributed by atoms with Crippen LogP contribution in [0.1, 0.15) is 6.92 Å². The van der Waals surface area contributed by atoms with E-state index >= 15 is 0 Å². The Hall–Kier alpha value is -3.13. The Balaban J connectivity index is 1.63. The molecule has 0 bridgehead atoms. The molecule has 0 aliphatic rings. The molecule has 1 amide bonds. The van der Waals surface area contributed by atoms with Crippen LogP contribution in [0.15, 0.2) is 66.7 Å². The molecule has 0 aromatic heterocycles. The highest BCUT2D eigenvalue weighted by atomic mass is 32.2. The molecule has 0 radical (unpaired) electrons. The molecule has 0 saturated carbocycles. The summed E-state index contributed by atoms with van der Waals surface area (Å²) in [5, 5.41) is 4.69. The monoisotopic (exact) mass is 430 g/mol. The first-order valence-electron chi connectivity index (χ1n) is 9.40. The number of ether oxygens (including phenoxy) is 1. The number of amides is 1. The molecule has 0 spiro atoms. The van der Waals surface area contributed by atoms with Crippen molar-refractivity contribution in [2.45, 2.75) is 13.0 Å². The molecule has 0 aliphatic carbocycles. The van der Waals surface area contributed by atoms with Gasteiger partial charge in [0.15, 0.2) is 0 Å². The molecule has 3 rings (SSSR count). The molecule has 0 saturated heterocycles. The topological polar surface area (TPSA) is 75.7 Å². The molecule has 158 valence electrons. The zero-order valence-corrected chi connectivity index (χ0v) is 17.5. The first kappa shape index (κ1) is 21.6. The minimum atomic E-state index is -3.80.